The quantitative estimate of drug-likeness (QED) is 0.0864. The third kappa shape index (κ3) is 16.3. The molecule has 12 heteroatoms. The predicted octanol–water partition coefficient (Wildman–Crippen LogP) is 6.25. The van der Waals surface area contributed by atoms with Crippen LogP contribution in [0.4, 0.5) is 5.82 Å². The first-order valence-corrected chi connectivity index (χ1v) is 17.7. The van der Waals surface area contributed by atoms with Crippen LogP contribution >= 0.6 is 7.60 Å². The zero-order chi connectivity index (χ0) is 30.3. The molecular formula is C30H55N5O6P-. The predicted molar refractivity (Wildman–Crippen MR) is 165 cm³/mol. The van der Waals surface area contributed by atoms with Gasteiger partial charge in [-0.25, -0.2) is 15.0 Å². The van der Waals surface area contributed by atoms with Crippen LogP contribution in [0.15, 0.2) is 12.7 Å². The van der Waals surface area contributed by atoms with Crippen molar-refractivity contribution in [3.8, 4) is 0 Å². The van der Waals surface area contributed by atoms with E-state index in [1.165, 1.54) is 103 Å². The van der Waals surface area contributed by atoms with Crippen molar-refractivity contribution in [2.75, 3.05) is 45.6 Å². The number of nitrogen functional groups attached to an aromatic ring is 1. The summed E-state index contributed by atoms with van der Waals surface area (Å²) >= 11 is 0. The second kappa shape index (κ2) is 22.9. The first kappa shape index (κ1) is 36.6. The summed E-state index contributed by atoms with van der Waals surface area (Å²) in [5, 5.41) is 0. The van der Waals surface area contributed by atoms with E-state index in [4.69, 9.17) is 24.5 Å². The molecule has 2 rings (SSSR count). The Labute approximate surface area is 252 Å². The molecule has 0 radical (unpaired) electrons. The molecule has 0 aliphatic carbocycles. The molecule has 0 fully saturated rings. The van der Waals surface area contributed by atoms with Crippen molar-refractivity contribution >= 4 is 24.6 Å². The van der Waals surface area contributed by atoms with Gasteiger partial charge in [-0.3, -0.25) is 0 Å². The van der Waals surface area contributed by atoms with E-state index in [9.17, 15) is 9.46 Å². The van der Waals surface area contributed by atoms with Gasteiger partial charge in [0.1, 0.15) is 18.2 Å². The summed E-state index contributed by atoms with van der Waals surface area (Å²) in [4.78, 5) is 24.7. The molecule has 0 aliphatic heterocycles. The van der Waals surface area contributed by atoms with E-state index in [0.29, 0.717) is 17.8 Å². The highest BCUT2D eigenvalue weighted by Gasteiger charge is 2.18. The van der Waals surface area contributed by atoms with Gasteiger partial charge in [-0.2, -0.15) is 0 Å². The number of ether oxygens (including phenoxy) is 3. The minimum atomic E-state index is -4.19. The van der Waals surface area contributed by atoms with Crippen LogP contribution in [-0.2, 0) is 29.8 Å². The van der Waals surface area contributed by atoms with Crippen LogP contribution in [0.25, 0.3) is 11.2 Å². The van der Waals surface area contributed by atoms with E-state index in [2.05, 4.69) is 21.9 Å². The highest BCUT2D eigenvalue weighted by molar-refractivity contribution is 7.51. The zero-order valence-corrected chi connectivity index (χ0v) is 26.9. The Morgan fingerprint density at radius 2 is 1.45 bits per heavy atom. The molecule has 0 saturated carbocycles. The lowest BCUT2D eigenvalue weighted by Gasteiger charge is -2.26. The van der Waals surface area contributed by atoms with Crippen molar-refractivity contribution in [1.29, 1.82) is 0 Å². The van der Waals surface area contributed by atoms with Gasteiger partial charge in [-0.05, 0) is 6.42 Å². The smallest absolute Gasteiger partial charge is 0.165 e. The molecule has 2 atom stereocenters. The second-order valence-corrected chi connectivity index (χ2v) is 12.8. The molecule has 2 heterocycles. The van der Waals surface area contributed by atoms with Crippen LogP contribution in [0.2, 0.25) is 0 Å². The fourth-order valence-electron chi connectivity index (χ4n) is 4.91. The topological polar surface area (TPSA) is 147 Å². The Morgan fingerprint density at radius 1 is 0.857 bits per heavy atom. The molecule has 42 heavy (non-hydrogen) atoms. The van der Waals surface area contributed by atoms with Gasteiger partial charge in [0.2, 0.25) is 0 Å². The number of imidazole rings is 1. The number of methoxy groups -OCH3 is 1. The van der Waals surface area contributed by atoms with Crippen LogP contribution in [0.5, 0.6) is 0 Å². The van der Waals surface area contributed by atoms with Gasteiger partial charge in [0.15, 0.2) is 19.1 Å². The number of unbranched alkanes of at least 4 members (excludes halogenated alkanes) is 15. The van der Waals surface area contributed by atoms with Gasteiger partial charge >= 0.3 is 0 Å². The van der Waals surface area contributed by atoms with Crippen LogP contribution in [0.3, 0.4) is 0 Å². The summed E-state index contributed by atoms with van der Waals surface area (Å²) in [6.45, 7) is 3.55. The Kier molecular flexibility index (Phi) is 19.9. The van der Waals surface area contributed by atoms with Gasteiger partial charge in [0.05, 0.1) is 38.8 Å². The summed E-state index contributed by atoms with van der Waals surface area (Å²) in [5.74, 6) is 0.275. The highest BCUT2D eigenvalue weighted by atomic mass is 31.2. The lowest BCUT2D eigenvalue weighted by molar-refractivity contribution is -0.206. The molecule has 2 aromatic rings. The van der Waals surface area contributed by atoms with Crippen LogP contribution in [0.1, 0.15) is 110 Å². The number of fused-ring (bicyclic) bond motifs is 1. The highest BCUT2D eigenvalue weighted by Crippen LogP contribution is 2.37. The van der Waals surface area contributed by atoms with Crippen molar-refractivity contribution in [3.63, 3.8) is 0 Å². The first-order valence-electron chi connectivity index (χ1n) is 16.0. The first-order chi connectivity index (χ1) is 20.5. The average Bonchev–Trinajstić information content (AvgIpc) is 3.39. The van der Waals surface area contributed by atoms with Crippen molar-refractivity contribution in [3.05, 3.63) is 12.7 Å². The maximum atomic E-state index is 12.3. The standard InChI is InChI=1S/C30H56N5O6P/c1-3-4-5-6-7-8-9-10-11-12-13-14-15-16-17-18-19-39-20-21-41-42(36,37)26-40-27(23-38-2)22-35-25-34-28-29(31)32-24-33-30(28)35/h24-25,27H,3-23,26H2,1-2H3,(H,36,37)(H2,31,32,33)/p-1/t27-/m0/s1. The van der Waals surface area contributed by atoms with Crippen LogP contribution in [-0.4, -0.2) is 65.5 Å². The number of nitrogens with zero attached hydrogens (tertiary/aromatic N) is 4. The molecule has 0 amide bonds. The van der Waals surface area contributed by atoms with Gasteiger partial charge in [0, 0.05) is 13.7 Å². The Balaban J connectivity index is 1.43. The molecule has 0 bridgehead atoms. The molecule has 11 nitrogen and oxygen atoms in total. The summed E-state index contributed by atoms with van der Waals surface area (Å²) in [6.07, 6.45) is 23.0. The summed E-state index contributed by atoms with van der Waals surface area (Å²) < 4.78 is 35.5. The SMILES string of the molecule is CCCCCCCCCCCCCCCCCCOCCOP(=O)([O-])CO[C@H](COC)Cn1cnc2c(N)ncnc21. The lowest BCUT2D eigenvalue weighted by atomic mass is 10.0. The van der Waals surface area contributed by atoms with E-state index in [-0.39, 0.29) is 32.2 Å². The van der Waals surface area contributed by atoms with Crippen LogP contribution < -0.4 is 10.6 Å². The number of nitrogens with two attached hydrogens (primary N) is 1. The Bertz CT molecular complexity index is 994. The van der Waals surface area contributed by atoms with E-state index >= 15 is 0 Å². The lowest BCUT2D eigenvalue weighted by Crippen LogP contribution is -2.27. The Hall–Kier alpha value is -1.62. The average molecular weight is 613 g/mol. The van der Waals surface area contributed by atoms with Gasteiger partial charge in [-0.15, -0.1) is 0 Å². The molecule has 1 unspecified atom stereocenters. The summed E-state index contributed by atoms with van der Waals surface area (Å²) in [7, 11) is -2.67. The van der Waals surface area contributed by atoms with Gasteiger partial charge < -0.3 is 38.5 Å². The van der Waals surface area contributed by atoms with Crippen molar-refractivity contribution in [1.82, 2.24) is 19.5 Å². The molecule has 2 aromatic heterocycles. The van der Waals surface area contributed by atoms with Crippen LogP contribution in [0, 0.1) is 0 Å². The van der Waals surface area contributed by atoms with E-state index in [1.54, 1.807) is 10.9 Å². The molecule has 0 saturated heterocycles. The summed E-state index contributed by atoms with van der Waals surface area (Å²) in [6, 6.07) is 0. The van der Waals surface area contributed by atoms with E-state index in [0.717, 1.165) is 12.8 Å². The van der Waals surface area contributed by atoms with Gasteiger partial charge in [-0.1, -0.05) is 103 Å². The second-order valence-electron chi connectivity index (χ2n) is 11.1. The van der Waals surface area contributed by atoms with E-state index in [1.807, 2.05) is 0 Å². The number of hydrogen-bond donors (Lipinski definition) is 1. The molecular weight excluding hydrogens is 557 g/mol. The fourth-order valence-corrected chi connectivity index (χ4v) is 5.74. The minimum Gasteiger partial charge on any atom is -0.777 e. The number of rotatable bonds is 28. The van der Waals surface area contributed by atoms with Crippen molar-refractivity contribution in [2.24, 2.45) is 0 Å². The van der Waals surface area contributed by atoms with Crippen molar-refractivity contribution < 1.29 is 28.2 Å². The normalized spacial score (nSPS) is 14.0. The summed E-state index contributed by atoms with van der Waals surface area (Å²) in [5.41, 5.74) is 6.85. The number of hydrogen-bond acceptors (Lipinski definition) is 10. The number of anilines is 1. The number of aromatic nitrogens is 4. The molecule has 0 aromatic carbocycles. The minimum absolute atomic E-state index is 0.0275. The molecule has 0 spiro atoms. The Morgan fingerprint density at radius 3 is 2.05 bits per heavy atom. The third-order valence-corrected chi connectivity index (χ3v) is 8.35. The fraction of sp³-hybridized carbons (Fsp3) is 0.833. The van der Waals surface area contributed by atoms with E-state index < -0.39 is 20.0 Å². The molecule has 242 valence electrons. The monoisotopic (exact) mass is 612 g/mol. The third-order valence-electron chi connectivity index (χ3n) is 7.31. The van der Waals surface area contributed by atoms with Gasteiger partial charge in [0.25, 0.3) is 0 Å². The molecule has 2 N–H and O–H groups in total. The maximum Gasteiger partial charge on any atom is 0.165 e. The van der Waals surface area contributed by atoms with Crippen molar-refractivity contribution in [2.45, 2.75) is 122 Å². The molecule has 0 aliphatic rings. The zero-order valence-electron chi connectivity index (χ0n) is 26.1. The largest absolute Gasteiger partial charge is 0.777 e. The maximum absolute atomic E-state index is 12.3.